The lowest BCUT2D eigenvalue weighted by Crippen LogP contribution is -2.29. The first kappa shape index (κ1) is 21.8. The highest BCUT2D eigenvalue weighted by molar-refractivity contribution is 5.93. The van der Waals surface area contributed by atoms with E-state index in [1.807, 2.05) is 18.3 Å². The van der Waals surface area contributed by atoms with Crippen molar-refractivity contribution in [2.75, 3.05) is 5.32 Å². The topological polar surface area (TPSA) is 46.1 Å². The average molecular weight is 436 g/mol. The predicted octanol–water partition coefficient (Wildman–Crippen LogP) is 6.44. The Labute approximate surface area is 187 Å². The van der Waals surface area contributed by atoms with Gasteiger partial charge in [0.05, 0.1) is 11.4 Å². The highest BCUT2D eigenvalue weighted by Gasteiger charge is 2.21. The second kappa shape index (κ2) is 8.61. The summed E-state index contributed by atoms with van der Waals surface area (Å²) in [5.41, 5.74) is 4.94. The van der Waals surface area contributed by atoms with E-state index < -0.39 is 17.7 Å². The van der Waals surface area contributed by atoms with Crippen LogP contribution in [0.4, 0.5) is 19.3 Å². The minimum atomic E-state index is -0.818. The van der Waals surface area contributed by atoms with Crippen LogP contribution >= 0.6 is 0 Å². The summed E-state index contributed by atoms with van der Waals surface area (Å²) in [6, 6.07) is 14.9. The molecule has 6 heteroatoms. The molecule has 0 spiro atoms. The molecule has 1 aliphatic heterocycles. The van der Waals surface area contributed by atoms with Crippen LogP contribution in [-0.4, -0.2) is 10.6 Å². The zero-order valence-corrected chi connectivity index (χ0v) is 18.5. The van der Waals surface area contributed by atoms with Gasteiger partial charge in [-0.1, -0.05) is 45.0 Å². The van der Waals surface area contributed by atoms with Gasteiger partial charge in [0.1, 0.15) is 11.6 Å². The molecule has 2 amide bonds. The fraction of sp³-hybridized carbons (Fsp3) is 0.269. The van der Waals surface area contributed by atoms with Crippen molar-refractivity contribution in [2.24, 2.45) is 0 Å². The summed E-state index contributed by atoms with van der Waals surface area (Å²) in [5, 5.41) is 5.42. The number of rotatable bonds is 3. The minimum absolute atomic E-state index is 0.0385. The van der Waals surface area contributed by atoms with E-state index in [0.29, 0.717) is 6.42 Å². The van der Waals surface area contributed by atoms with Crippen LogP contribution in [0.1, 0.15) is 50.4 Å². The van der Waals surface area contributed by atoms with E-state index >= 15 is 0 Å². The Bertz CT molecular complexity index is 1170. The van der Waals surface area contributed by atoms with E-state index in [1.54, 1.807) is 0 Å². The molecule has 2 aromatic carbocycles. The number of carbonyl (C=O) groups is 1. The molecule has 0 atom stereocenters. The number of fused-ring (bicyclic) bond motifs is 1. The van der Waals surface area contributed by atoms with Crippen LogP contribution < -0.4 is 10.6 Å². The molecule has 4 nitrogen and oxygen atoms in total. The van der Waals surface area contributed by atoms with E-state index in [-0.39, 0.29) is 11.1 Å². The number of aromatic nitrogens is 1. The lowest BCUT2D eigenvalue weighted by atomic mass is 9.86. The van der Waals surface area contributed by atoms with E-state index in [9.17, 15) is 13.6 Å². The summed E-state index contributed by atoms with van der Waals surface area (Å²) in [4.78, 5) is 12.7. The summed E-state index contributed by atoms with van der Waals surface area (Å²) < 4.78 is 29.3. The third-order valence-corrected chi connectivity index (χ3v) is 5.70. The summed E-state index contributed by atoms with van der Waals surface area (Å²) in [6.07, 6.45) is 3.55. The third kappa shape index (κ3) is 4.59. The standard InChI is InChI=1S/C26H27F2N3O/c1-26(2,3)18-10-8-17(9-11-18)24-22(6-4-14-31-15-5-7-23(24)31)30-25(32)29-21-13-12-19(27)16-20(21)28/h5,7-13,15-16H,4,6,14H2,1-3H3,(H2,29,30,32). The van der Waals surface area contributed by atoms with Gasteiger partial charge in [0.25, 0.3) is 0 Å². The van der Waals surface area contributed by atoms with E-state index in [2.05, 4.69) is 60.2 Å². The second-order valence-electron chi connectivity index (χ2n) is 9.07. The van der Waals surface area contributed by atoms with Gasteiger partial charge in [-0.25, -0.2) is 13.6 Å². The van der Waals surface area contributed by atoms with Gasteiger partial charge in [0, 0.05) is 30.1 Å². The Morgan fingerprint density at radius 3 is 2.44 bits per heavy atom. The average Bonchev–Trinajstić information content (AvgIpc) is 3.11. The number of nitrogens with one attached hydrogen (secondary N) is 2. The van der Waals surface area contributed by atoms with Crippen molar-refractivity contribution in [3.63, 3.8) is 0 Å². The van der Waals surface area contributed by atoms with Gasteiger partial charge in [-0.05, 0) is 53.6 Å². The van der Waals surface area contributed by atoms with E-state index in [0.717, 1.165) is 47.6 Å². The van der Waals surface area contributed by atoms with Gasteiger partial charge in [-0.2, -0.15) is 0 Å². The molecule has 0 fully saturated rings. The summed E-state index contributed by atoms with van der Waals surface area (Å²) in [7, 11) is 0. The molecule has 0 bridgehead atoms. The lowest BCUT2D eigenvalue weighted by molar-refractivity contribution is 0.254. The van der Waals surface area contributed by atoms with Crippen LogP contribution in [-0.2, 0) is 12.0 Å². The monoisotopic (exact) mass is 435 g/mol. The first-order chi connectivity index (χ1) is 15.2. The molecule has 0 saturated heterocycles. The van der Waals surface area contributed by atoms with Crippen LogP contribution in [0.25, 0.3) is 5.57 Å². The van der Waals surface area contributed by atoms with Crippen LogP contribution in [0, 0.1) is 11.6 Å². The Balaban J connectivity index is 1.70. The molecular weight excluding hydrogens is 408 g/mol. The molecule has 0 aliphatic carbocycles. The fourth-order valence-electron chi connectivity index (χ4n) is 4.01. The summed E-state index contributed by atoms with van der Waals surface area (Å²) in [5.74, 6) is -1.51. The van der Waals surface area contributed by atoms with Crippen molar-refractivity contribution in [3.8, 4) is 0 Å². The van der Waals surface area contributed by atoms with Crippen molar-refractivity contribution < 1.29 is 13.6 Å². The van der Waals surface area contributed by atoms with Gasteiger partial charge in [-0.3, -0.25) is 0 Å². The smallest absolute Gasteiger partial charge is 0.323 e. The molecular formula is C26H27F2N3O. The molecule has 0 saturated carbocycles. The highest BCUT2D eigenvalue weighted by atomic mass is 19.1. The molecule has 4 rings (SSSR count). The number of nitrogens with zero attached hydrogens (tertiary/aromatic N) is 1. The second-order valence-corrected chi connectivity index (χ2v) is 9.07. The number of hydrogen-bond donors (Lipinski definition) is 2. The Morgan fingerprint density at radius 2 is 1.75 bits per heavy atom. The molecule has 166 valence electrons. The molecule has 3 aromatic rings. The maximum atomic E-state index is 14.0. The van der Waals surface area contributed by atoms with Crippen LogP contribution in [0.15, 0.2) is 66.5 Å². The SMILES string of the molecule is CC(C)(C)c1ccc(C2=C(NC(=O)Nc3ccc(F)cc3F)CCCn3cccc32)cc1. The number of aryl methyl sites for hydroxylation is 1. The molecule has 0 radical (unpaired) electrons. The van der Waals surface area contributed by atoms with Crippen LogP contribution in [0.5, 0.6) is 0 Å². The summed E-state index contributed by atoms with van der Waals surface area (Å²) >= 11 is 0. The number of urea groups is 1. The maximum absolute atomic E-state index is 14.0. The number of hydrogen-bond acceptors (Lipinski definition) is 1. The molecule has 0 unspecified atom stereocenters. The van der Waals surface area contributed by atoms with E-state index in [1.165, 1.54) is 11.6 Å². The van der Waals surface area contributed by atoms with Crippen molar-refractivity contribution in [3.05, 3.63) is 94.9 Å². The Hall–Kier alpha value is -3.41. The van der Waals surface area contributed by atoms with Gasteiger partial charge in [-0.15, -0.1) is 0 Å². The number of benzene rings is 2. The molecule has 2 N–H and O–H groups in total. The fourth-order valence-corrected chi connectivity index (χ4v) is 4.01. The highest BCUT2D eigenvalue weighted by Crippen LogP contribution is 2.33. The lowest BCUT2D eigenvalue weighted by Gasteiger charge is -2.20. The first-order valence-corrected chi connectivity index (χ1v) is 10.7. The Morgan fingerprint density at radius 1 is 1.00 bits per heavy atom. The zero-order chi connectivity index (χ0) is 22.9. The Kier molecular flexibility index (Phi) is 5.87. The maximum Gasteiger partial charge on any atom is 0.323 e. The number of carbonyl (C=O) groups excluding carboxylic acids is 1. The summed E-state index contributed by atoms with van der Waals surface area (Å²) in [6.45, 7) is 7.35. The van der Waals surface area contributed by atoms with Gasteiger partial charge < -0.3 is 15.2 Å². The predicted molar refractivity (Wildman–Crippen MR) is 123 cm³/mol. The quantitative estimate of drug-likeness (QED) is 0.489. The van der Waals surface area contributed by atoms with E-state index in [4.69, 9.17) is 0 Å². The number of allylic oxidation sites excluding steroid dienone is 1. The van der Waals surface area contributed by atoms with Crippen molar-refractivity contribution >= 4 is 17.3 Å². The first-order valence-electron chi connectivity index (χ1n) is 10.7. The van der Waals surface area contributed by atoms with Crippen molar-refractivity contribution in [2.45, 2.75) is 45.6 Å². The van der Waals surface area contributed by atoms with Crippen molar-refractivity contribution in [1.29, 1.82) is 0 Å². The van der Waals surface area contributed by atoms with Crippen LogP contribution in [0.2, 0.25) is 0 Å². The molecule has 32 heavy (non-hydrogen) atoms. The normalized spacial score (nSPS) is 14.0. The molecule has 1 aliphatic rings. The van der Waals surface area contributed by atoms with Crippen molar-refractivity contribution in [1.82, 2.24) is 9.88 Å². The number of amides is 2. The minimum Gasteiger partial charge on any atom is -0.347 e. The van der Waals surface area contributed by atoms with Gasteiger partial charge in [0.2, 0.25) is 0 Å². The molecule has 1 aromatic heterocycles. The van der Waals surface area contributed by atoms with Gasteiger partial charge >= 0.3 is 6.03 Å². The van der Waals surface area contributed by atoms with Gasteiger partial charge in [0.15, 0.2) is 0 Å². The number of anilines is 1. The third-order valence-electron chi connectivity index (χ3n) is 5.70. The zero-order valence-electron chi connectivity index (χ0n) is 18.5. The molecule has 2 heterocycles. The van der Waals surface area contributed by atoms with Crippen LogP contribution in [0.3, 0.4) is 0 Å². The number of halogens is 2. The largest absolute Gasteiger partial charge is 0.347 e.